The third-order valence-corrected chi connectivity index (χ3v) is 4.40. The van der Waals surface area contributed by atoms with Crippen molar-refractivity contribution >= 4 is 17.5 Å². The largest absolute Gasteiger partial charge is 0.296 e. The molecule has 1 nitrogen and oxygen atoms in total. The molecule has 0 unspecified atom stereocenters. The first-order chi connectivity index (χ1) is 6.17. The molecule has 70 valence electrons. The van der Waals surface area contributed by atoms with Crippen molar-refractivity contribution in [3.8, 4) is 0 Å². The molecule has 0 N–H and O–H groups in total. The lowest BCUT2D eigenvalue weighted by molar-refractivity contribution is 0.669. The van der Waals surface area contributed by atoms with Crippen molar-refractivity contribution in [3.05, 3.63) is 23.8 Å². The highest BCUT2D eigenvalue weighted by Gasteiger charge is 2.43. The molecule has 13 heavy (non-hydrogen) atoms. The van der Waals surface area contributed by atoms with Gasteiger partial charge in [-0.05, 0) is 13.8 Å². The van der Waals surface area contributed by atoms with Crippen LogP contribution in [0.25, 0.3) is 0 Å². The molecule has 1 saturated heterocycles. The number of rotatable bonds is 0. The topological polar surface area (TPSA) is 12.4 Å². The average Bonchev–Trinajstić information content (AvgIpc) is 2.43. The lowest BCUT2D eigenvalue weighted by Gasteiger charge is -2.30. The van der Waals surface area contributed by atoms with E-state index < -0.39 is 0 Å². The van der Waals surface area contributed by atoms with E-state index in [4.69, 9.17) is 0 Å². The Morgan fingerprint density at radius 3 is 3.08 bits per heavy atom. The third kappa shape index (κ3) is 1.28. The van der Waals surface area contributed by atoms with Crippen molar-refractivity contribution < 1.29 is 0 Å². The molecule has 0 aromatic carbocycles. The second-order valence-corrected chi connectivity index (χ2v) is 5.35. The van der Waals surface area contributed by atoms with Gasteiger partial charge in [-0.15, -0.1) is 11.8 Å². The van der Waals surface area contributed by atoms with Crippen molar-refractivity contribution in [3.63, 3.8) is 0 Å². The second-order valence-electron chi connectivity index (χ2n) is 3.89. The normalized spacial score (nSPS) is 40.7. The van der Waals surface area contributed by atoms with Crippen molar-refractivity contribution in [1.29, 1.82) is 0 Å². The molecule has 0 aromatic heterocycles. The van der Waals surface area contributed by atoms with Crippen LogP contribution < -0.4 is 0 Å². The monoisotopic (exact) mass is 193 g/mol. The molecular weight excluding hydrogens is 178 g/mol. The van der Waals surface area contributed by atoms with Crippen LogP contribution in [-0.2, 0) is 0 Å². The van der Waals surface area contributed by atoms with Gasteiger partial charge < -0.3 is 0 Å². The number of hydrogen-bond donors (Lipinski definition) is 0. The van der Waals surface area contributed by atoms with Gasteiger partial charge in [0, 0.05) is 29.2 Å². The lowest BCUT2D eigenvalue weighted by atomic mass is 9.81. The quantitative estimate of drug-likeness (QED) is 0.576. The Kier molecular flexibility index (Phi) is 2.11. The highest BCUT2D eigenvalue weighted by Crippen LogP contribution is 2.47. The van der Waals surface area contributed by atoms with Crippen LogP contribution in [-0.4, -0.2) is 23.3 Å². The molecule has 2 atom stereocenters. The van der Waals surface area contributed by atoms with Crippen molar-refractivity contribution in [2.75, 3.05) is 12.8 Å². The van der Waals surface area contributed by atoms with E-state index in [1.54, 1.807) is 0 Å². The molecule has 1 heterocycles. The molecular formula is C11H15NS. The van der Waals surface area contributed by atoms with Crippen LogP contribution in [0.3, 0.4) is 0 Å². The first-order valence-electron chi connectivity index (χ1n) is 4.63. The van der Waals surface area contributed by atoms with Gasteiger partial charge in [0.25, 0.3) is 0 Å². The SMILES string of the molecule is CN=C1CS[C@]2(C)C=CC=C(C)[C@@H]12. The summed E-state index contributed by atoms with van der Waals surface area (Å²) in [5, 5.41) is 0. The highest BCUT2D eigenvalue weighted by atomic mass is 32.2. The maximum Gasteiger partial charge on any atom is 0.0435 e. The van der Waals surface area contributed by atoms with Crippen LogP contribution in [0.4, 0.5) is 0 Å². The van der Waals surface area contributed by atoms with Gasteiger partial charge in [0.1, 0.15) is 0 Å². The summed E-state index contributed by atoms with van der Waals surface area (Å²) in [5.41, 5.74) is 2.81. The number of aliphatic imine (C=N–C) groups is 1. The standard InChI is InChI=1S/C11H15NS/c1-8-5-4-6-11(2)10(8)9(12-3)7-13-11/h4-6,10H,7H2,1-3H3/t10-,11+/m0/s1. The van der Waals surface area contributed by atoms with Crippen LogP contribution in [0.15, 0.2) is 28.8 Å². The minimum Gasteiger partial charge on any atom is -0.296 e. The molecule has 0 bridgehead atoms. The molecule has 0 spiro atoms. The van der Waals surface area contributed by atoms with Crippen molar-refractivity contribution in [2.24, 2.45) is 10.9 Å². The zero-order valence-electron chi connectivity index (χ0n) is 8.37. The molecule has 0 radical (unpaired) electrons. The molecule has 1 aliphatic carbocycles. The first kappa shape index (κ1) is 9.07. The summed E-state index contributed by atoms with van der Waals surface area (Å²) < 4.78 is 0.272. The van der Waals surface area contributed by atoms with E-state index in [0.717, 1.165) is 5.75 Å². The third-order valence-electron chi connectivity index (χ3n) is 2.97. The molecule has 0 amide bonds. The van der Waals surface area contributed by atoms with E-state index >= 15 is 0 Å². The fourth-order valence-corrected chi connectivity index (χ4v) is 3.69. The van der Waals surface area contributed by atoms with Crippen LogP contribution >= 0.6 is 11.8 Å². The van der Waals surface area contributed by atoms with Crippen LogP contribution in [0.5, 0.6) is 0 Å². The summed E-state index contributed by atoms with van der Waals surface area (Å²) in [5.74, 6) is 1.64. The molecule has 1 aliphatic heterocycles. The van der Waals surface area contributed by atoms with Gasteiger partial charge in [-0.1, -0.05) is 23.8 Å². The van der Waals surface area contributed by atoms with Gasteiger partial charge in [-0.3, -0.25) is 4.99 Å². The van der Waals surface area contributed by atoms with Crippen LogP contribution in [0.2, 0.25) is 0 Å². The van der Waals surface area contributed by atoms with E-state index in [2.05, 4.69) is 37.1 Å². The number of allylic oxidation sites excluding steroid dienone is 3. The number of thioether (sulfide) groups is 1. The van der Waals surface area contributed by atoms with Gasteiger partial charge in [0.05, 0.1) is 0 Å². The Hall–Kier alpha value is -0.500. The summed E-state index contributed by atoms with van der Waals surface area (Å²) in [7, 11) is 1.91. The number of fused-ring (bicyclic) bond motifs is 1. The van der Waals surface area contributed by atoms with Crippen LogP contribution in [0.1, 0.15) is 13.8 Å². The van der Waals surface area contributed by atoms with Crippen molar-refractivity contribution in [2.45, 2.75) is 18.6 Å². The molecule has 2 heteroatoms. The zero-order valence-corrected chi connectivity index (χ0v) is 9.19. The summed E-state index contributed by atoms with van der Waals surface area (Å²) in [4.78, 5) is 4.39. The van der Waals surface area contributed by atoms with Gasteiger partial charge in [-0.2, -0.15) is 0 Å². The highest BCUT2D eigenvalue weighted by molar-refractivity contribution is 8.02. The van der Waals surface area contributed by atoms with Crippen LogP contribution in [0, 0.1) is 5.92 Å². The fraction of sp³-hybridized carbons (Fsp3) is 0.545. The molecule has 2 rings (SSSR count). The first-order valence-corrected chi connectivity index (χ1v) is 5.61. The Labute approximate surface area is 84.0 Å². The molecule has 0 aromatic rings. The Balaban J connectivity index is 2.43. The Morgan fingerprint density at radius 1 is 1.62 bits per heavy atom. The Morgan fingerprint density at radius 2 is 2.38 bits per heavy atom. The summed E-state index contributed by atoms with van der Waals surface area (Å²) in [6.45, 7) is 4.52. The van der Waals surface area contributed by atoms with E-state index in [0.29, 0.717) is 5.92 Å². The van der Waals surface area contributed by atoms with Crippen molar-refractivity contribution in [1.82, 2.24) is 0 Å². The Bertz CT molecular complexity index is 312. The predicted octanol–water partition coefficient (Wildman–Crippen LogP) is 2.70. The van der Waals surface area contributed by atoms with E-state index in [-0.39, 0.29) is 4.75 Å². The minimum atomic E-state index is 0.272. The second kappa shape index (κ2) is 3.02. The maximum absolute atomic E-state index is 4.39. The van der Waals surface area contributed by atoms with Gasteiger partial charge in [0.2, 0.25) is 0 Å². The summed E-state index contributed by atoms with van der Waals surface area (Å²) in [6, 6.07) is 0. The molecule has 2 aliphatic rings. The van der Waals surface area contributed by atoms with E-state index in [1.165, 1.54) is 11.3 Å². The maximum atomic E-state index is 4.39. The average molecular weight is 193 g/mol. The number of nitrogens with zero attached hydrogens (tertiary/aromatic N) is 1. The summed E-state index contributed by atoms with van der Waals surface area (Å²) >= 11 is 2.01. The van der Waals surface area contributed by atoms with Gasteiger partial charge in [0.15, 0.2) is 0 Å². The molecule has 1 fully saturated rings. The number of hydrogen-bond acceptors (Lipinski definition) is 2. The van der Waals surface area contributed by atoms with E-state index in [1.807, 2.05) is 18.8 Å². The smallest absolute Gasteiger partial charge is 0.0435 e. The minimum absolute atomic E-state index is 0.272. The zero-order chi connectivity index (χ0) is 9.47. The van der Waals surface area contributed by atoms with E-state index in [9.17, 15) is 0 Å². The fourth-order valence-electron chi connectivity index (χ4n) is 2.27. The molecule has 0 saturated carbocycles. The predicted molar refractivity (Wildman–Crippen MR) is 60.6 cm³/mol. The summed E-state index contributed by atoms with van der Waals surface area (Å²) in [6.07, 6.45) is 6.70. The lowest BCUT2D eigenvalue weighted by Crippen LogP contribution is -2.31. The van der Waals surface area contributed by atoms with Gasteiger partial charge >= 0.3 is 0 Å². The van der Waals surface area contributed by atoms with Gasteiger partial charge in [-0.25, -0.2) is 0 Å².